The summed E-state index contributed by atoms with van der Waals surface area (Å²) < 4.78 is 54.5. The Hall–Kier alpha value is -3.49. The lowest BCUT2D eigenvalue weighted by molar-refractivity contribution is -0.136. The van der Waals surface area contributed by atoms with Crippen LogP contribution in [0.25, 0.3) is 11.0 Å². The molecule has 0 unspecified atom stereocenters. The largest absolute Gasteiger partial charge is 0.496 e. The lowest BCUT2D eigenvalue weighted by Gasteiger charge is -2.11. The molecule has 0 bridgehead atoms. The molecule has 0 saturated carbocycles. The Morgan fingerprint density at radius 2 is 1.90 bits per heavy atom. The van der Waals surface area contributed by atoms with Gasteiger partial charge in [0.2, 0.25) is 0 Å². The Morgan fingerprint density at radius 1 is 1.14 bits per heavy atom. The van der Waals surface area contributed by atoms with E-state index in [4.69, 9.17) is 13.9 Å². The Labute approximate surface area is 162 Å². The predicted molar refractivity (Wildman–Crippen MR) is 97.8 cm³/mol. The van der Waals surface area contributed by atoms with Gasteiger partial charge in [-0.3, -0.25) is 4.79 Å². The predicted octanol–water partition coefficient (Wildman–Crippen LogP) is 3.52. The van der Waals surface area contributed by atoms with Gasteiger partial charge in [-0.15, -0.1) is 0 Å². The average molecular weight is 407 g/mol. The van der Waals surface area contributed by atoms with Crippen molar-refractivity contribution in [2.75, 3.05) is 13.7 Å². The number of hydrogen-bond acceptors (Lipinski definition) is 5. The molecular formula is C20H16F3NO5. The number of para-hydroxylation sites is 1. The van der Waals surface area contributed by atoms with Crippen LogP contribution < -0.4 is 20.4 Å². The fourth-order valence-electron chi connectivity index (χ4n) is 2.71. The maximum atomic E-state index is 13.1. The topological polar surface area (TPSA) is 77.8 Å². The minimum atomic E-state index is -4.70. The molecule has 0 spiro atoms. The van der Waals surface area contributed by atoms with Crippen LogP contribution in [-0.4, -0.2) is 19.6 Å². The Balaban J connectivity index is 1.67. The molecule has 152 valence electrons. The van der Waals surface area contributed by atoms with E-state index in [1.165, 1.54) is 13.2 Å². The number of halogens is 3. The van der Waals surface area contributed by atoms with Gasteiger partial charge >= 0.3 is 11.8 Å². The van der Waals surface area contributed by atoms with Crippen LogP contribution >= 0.6 is 0 Å². The summed E-state index contributed by atoms with van der Waals surface area (Å²) in [6.07, 6.45) is -4.70. The molecule has 0 fully saturated rings. The second kappa shape index (κ2) is 8.26. The van der Waals surface area contributed by atoms with Crippen molar-refractivity contribution < 1.29 is 31.9 Å². The van der Waals surface area contributed by atoms with Crippen molar-refractivity contribution in [3.05, 3.63) is 70.1 Å². The first-order valence-corrected chi connectivity index (χ1v) is 8.44. The quantitative estimate of drug-likeness (QED) is 0.633. The Kier molecular flexibility index (Phi) is 5.76. The molecule has 0 aliphatic carbocycles. The van der Waals surface area contributed by atoms with E-state index < -0.39 is 23.3 Å². The molecule has 1 heterocycles. The second-order valence-electron chi connectivity index (χ2n) is 6.01. The van der Waals surface area contributed by atoms with E-state index in [9.17, 15) is 22.8 Å². The number of fused-ring (bicyclic) bond motifs is 1. The zero-order valence-corrected chi connectivity index (χ0v) is 15.2. The standard InChI is InChI=1S/C20H16F3NO5/c1-27-16-5-3-2-4-12(16)10-24-18(25)11-28-13-6-7-14-15(20(21,22)23)9-19(26)29-17(14)8-13/h2-9H,10-11H2,1H3,(H,24,25). The molecule has 0 saturated heterocycles. The van der Waals surface area contributed by atoms with Gasteiger partial charge in [-0.05, 0) is 18.2 Å². The van der Waals surface area contributed by atoms with Crippen LogP contribution in [0.5, 0.6) is 11.5 Å². The van der Waals surface area contributed by atoms with Crippen molar-refractivity contribution in [1.82, 2.24) is 5.32 Å². The molecule has 3 rings (SSSR count). The van der Waals surface area contributed by atoms with Crippen LogP contribution in [0.15, 0.2) is 57.7 Å². The highest BCUT2D eigenvalue weighted by molar-refractivity contribution is 5.82. The van der Waals surface area contributed by atoms with Crippen molar-refractivity contribution in [3.63, 3.8) is 0 Å². The molecule has 0 atom stereocenters. The molecule has 29 heavy (non-hydrogen) atoms. The van der Waals surface area contributed by atoms with Crippen LogP contribution in [-0.2, 0) is 17.5 Å². The van der Waals surface area contributed by atoms with Crippen molar-refractivity contribution in [2.24, 2.45) is 0 Å². The highest BCUT2D eigenvalue weighted by Gasteiger charge is 2.33. The maximum Gasteiger partial charge on any atom is 0.417 e. The highest BCUT2D eigenvalue weighted by atomic mass is 19.4. The Morgan fingerprint density at radius 3 is 2.62 bits per heavy atom. The van der Waals surface area contributed by atoms with Crippen molar-refractivity contribution in [2.45, 2.75) is 12.7 Å². The molecule has 3 aromatic rings. The molecule has 2 aromatic carbocycles. The van der Waals surface area contributed by atoms with E-state index in [1.807, 2.05) is 0 Å². The molecule has 0 aliphatic rings. The number of alkyl halides is 3. The molecule has 6 nitrogen and oxygen atoms in total. The summed E-state index contributed by atoms with van der Waals surface area (Å²) in [5.74, 6) is 0.271. The van der Waals surface area contributed by atoms with Crippen molar-refractivity contribution in [1.29, 1.82) is 0 Å². The third kappa shape index (κ3) is 4.87. The second-order valence-corrected chi connectivity index (χ2v) is 6.01. The molecule has 1 aromatic heterocycles. The van der Waals surface area contributed by atoms with Gasteiger partial charge in [0, 0.05) is 29.6 Å². The lowest BCUT2D eigenvalue weighted by atomic mass is 10.1. The van der Waals surface area contributed by atoms with Gasteiger partial charge in [-0.2, -0.15) is 13.2 Å². The lowest BCUT2D eigenvalue weighted by Crippen LogP contribution is -2.28. The van der Waals surface area contributed by atoms with Gasteiger partial charge in [0.1, 0.15) is 17.1 Å². The SMILES string of the molecule is COc1ccccc1CNC(=O)COc1ccc2c(C(F)(F)F)cc(=O)oc2c1. The van der Waals surface area contributed by atoms with Crippen molar-refractivity contribution in [3.8, 4) is 11.5 Å². The van der Waals surface area contributed by atoms with Gasteiger partial charge in [0.15, 0.2) is 6.61 Å². The van der Waals surface area contributed by atoms with Gasteiger partial charge in [0.25, 0.3) is 5.91 Å². The zero-order chi connectivity index (χ0) is 21.0. The van der Waals surface area contributed by atoms with Gasteiger partial charge in [-0.25, -0.2) is 4.79 Å². The minimum Gasteiger partial charge on any atom is -0.496 e. The van der Waals surface area contributed by atoms with Crippen LogP contribution in [0.3, 0.4) is 0 Å². The van der Waals surface area contributed by atoms with E-state index in [0.29, 0.717) is 11.8 Å². The summed E-state index contributed by atoms with van der Waals surface area (Å²) in [5.41, 5.74) is -1.73. The Bertz CT molecular complexity index is 1090. The number of carbonyl (C=O) groups is 1. The number of amides is 1. The number of benzene rings is 2. The zero-order valence-electron chi connectivity index (χ0n) is 15.2. The monoisotopic (exact) mass is 407 g/mol. The third-order valence-electron chi connectivity index (χ3n) is 4.06. The van der Waals surface area contributed by atoms with Crippen LogP contribution in [0.2, 0.25) is 0 Å². The van der Waals surface area contributed by atoms with Crippen LogP contribution in [0.1, 0.15) is 11.1 Å². The minimum absolute atomic E-state index is 0.0902. The van der Waals surface area contributed by atoms with E-state index in [-0.39, 0.29) is 29.9 Å². The summed E-state index contributed by atoms with van der Waals surface area (Å²) in [6.45, 7) is -0.155. The normalized spacial score (nSPS) is 11.3. The van der Waals surface area contributed by atoms with E-state index in [1.54, 1.807) is 24.3 Å². The fourth-order valence-corrected chi connectivity index (χ4v) is 2.71. The van der Waals surface area contributed by atoms with Gasteiger partial charge in [-0.1, -0.05) is 18.2 Å². The first-order chi connectivity index (χ1) is 13.8. The molecular weight excluding hydrogens is 391 g/mol. The molecule has 9 heteroatoms. The van der Waals surface area contributed by atoms with E-state index >= 15 is 0 Å². The number of hydrogen-bond donors (Lipinski definition) is 1. The molecule has 1 amide bonds. The number of methoxy groups -OCH3 is 1. The highest BCUT2D eigenvalue weighted by Crippen LogP contribution is 2.34. The maximum absolute atomic E-state index is 13.1. The van der Waals surface area contributed by atoms with Crippen molar-refractivity contribution >= 4 is 16.9 Å². The summed E-state index contributed by atoms with van der Waals surface area (Å²) >= 11 is 0. The first kappa shape index (κ1) is 20.2. The third-order valence-corrected chi connectivity index (χ3v) is 4.06. The molecule has 0 radical (unpaired) electrons. The van der Waals surface area contributed by atoms with E-state index in [0.717, 1.165) is 17.7 Å². The van der Waals surface area contributed by atoms with E-state index in [2.05, 4.69) is 5.32 Å². The average Bonchev–Trinajstić information content (AvgIpc) is 2.69. The fraction of sp³-hybridized carbons (Fsp3) is 0.200. The van der Waals surface area contributed by atoms with Gasteiger partial charge in [0.05, 0.1) is 12.7 Å². The number of ether oxygens (including phenoxy) is 2. The number of nitrogens with one attached hydrogen (secondary N) is 1. The summed E-state index contributed by atoms with van der Waals surface area (Å²) in [4.78, 5) is 23.4. The van der Waals surface area contributed by atoms with Crippen LogP contribution in [0.4, 0.5) is 13.2 Å². The summed E-state index contributed by atoms with van der Waals surface area (Å²) in [7, 11) is 1.52. The molecule has 1 N–H and O–H groups in total. The smallest absolute Gasteiger partial charge is 0.417 e. The summed E-state index contributed by atoms with van der Waals surface area (Å²) in [6, 6.07) is 11.1. The van der Waals surface area contributed by atoms with Crippen LogP contribution in [0, 0.1) is 0 Å². The van der Waals surface area contributed by atoms with Gasteiger partial charge < -0.3 is 19.2 Å². The number of rotatable bonds is 6. The number of carbonyl (C=O) groups excluding carboxylic acids is 1. The first-order valence-electron chi connectivity index (χ1n) is 8.44. The molecule has 0 aliphatic heterocycles. The summed E-state index contributed by atoms with van der Waals surface area (Å²) in [5, 5.41) is 2.38.